The number of carbonyl (C=O) groups excluding carboxylic acids is 1. The van der Waals surface area contributed by atoms with Crippen LogP contribution < -0.4 is 0 Å². The molecule has 1 saturated heterocycles. The molecule has 1 aliphatic heterocycles. The van der Waals surface area contributed by atoms with Crippen molar-refractivity contribution >= 4 is 23.7 Å². The minimum atomic E-state index is -0.894. The first-order valence-corrected chi connectivity index (χ1v) is 13.4. The summed E-state index contributed by atoms with van der Waals surface area (Å²) in [7, 11) is 0. The lowest BCUT2D eigenvalue weighted by molar-refractivity contribution is 0.0500. The van der Waals surface area contributed by atoms with E-state index in [1.807, 2.05) is 91.9 Å². The van der Waals surface area contributed by atoms with Crippen LogP contribution >= 0.6 is 11.8 Å². The Bertz CT molecular complexity index is 1320. The fourth-order valence-corrected chi connectivity index (χ4v) is 5.44. The van der Waals surface area contributed by atoms with E-state index < -0.39 is 12.1 Å². The summed E-state index contributed by atoms with van der Waals surface area (Å²) in [6.45, 7) is 2.15. The number of carbonyl (C=O) groups is 2. The first kappa shape index (κ1) is 27.1. The lowest BCUT2D eigenvalue weighted by Gasteiger charge is -2.10. The number of rotatable bonds is 6. The van der Waals surface area contributed by atoms with Gasteiger partial charge < -0.3 is 9.84 Å². The molecule has 1 unspecified atom stereocenters. The molecular formula is C32H29FO4S. The van der Waals surface area contributed by atoms with Crippen molar-refractivity contribution in [2.24, 2.45) is 0 Å². The predicted octanol–water partition coefficient (Wildman–Crippen LogP) is 7.79. The summed E-state index contributed by atoms with van der Waals surface area (Å²) >= 11 is 1.56. The molecule has 1 fully saturated rings. The molecule has 1 aliphatic rings. The maximum absolute atomic E-state index is 13.5. The van der Waals surface area contributed by atoms with Crippen LogP contribution in [0.3, 0.4) is 0 Å². The van der Waals surface area contributed by atoms with Gasteiger partial charge in [0.05, 0.1) is 11.1 Å². The minimum Gasteiger partial charge on any atom is -0.478 e. The molecule has 4 aromatic carbocycles. The van der Waals surface area contributed by atoms with Crippen LogP contribution in [0.5, 0.6) is 0 Å². The van der Waals surface area contributed by atoms with Gasteiger partial charge in [0.25, 0.3) is 0 Å². The van der Waals surface area contributed by atoms with E-state index in [0.717, 1.165) is 22.3 Å². The van der Waals surface area contributed by atoms with E-state index in [1.165, 1.54) is 0 Å². The number of esters is 1. The molecule has 38 heavy (non-hydrogen) atoms. The van der Waals surface area contributed by atoms with Crippen LogP contribution in [-0.4, -0.2) is 40.3 Å². The summed E-state index contributed by atoms with van der Waals surface area (Å²) in [5, 5.41) is 8.80. The van der Waals surface area contributed by atoms with Crippen LogP contribution in [0.2, 0.25) is 0 Å². The summed E-state index contributed by atoms with van der Waals surface area (Å²) in [4.78, 5) is 22.7. The van der Waals surface area contributed by atoms with Crippen LogP contribution in [0.15, 0.2) is 109 Å². The topological polar surface area (TPSA) is 63.6 Å². The molecule has 3 atom stereocenters. The Balaban J connectivity index is 0.000000194. The molecule has 4 nitrogen and oxygen atoms in total. The molecular weight excluding hydrogens is 499 g/mol. The van der Waals surface area contributed by atoms with Crippen LogP contribution in [0.1, 0.15) is 34.1 Å². The Hall–Kier alpha value is -3.90. The zero-order valence-electron chi connectivity index (χ0n) is 21.0. The average Bonchev–Trinajstić information content (AvgIpc) is 3.29. The van der Waals surface area contributed by atoms with Gasteiger partial charge in [0.2, 0.25) is 0 Å². The highest BCUT2D eigenvalue weighted by Crippen LogP contribution is 2.35. The number of alkyl halides is 1. The number of hydrogen-bond donors (Lipinski definition) is 1. The Kier molecular flexibility index (Phi) is 9.33. The number of carboxylic acid groups (broad SMARTS) is 1. The van der Waals surface area contributed by atoms with Crippen molar-refractivity contribution in [1.29, 1.82) is 0 Å². The first-order valence-electron chi connectivity index (χ1n) is 12.4. The minimum absolute atomic E-state index is 0.0103. The molecule has 0 amide bonds. The van der Waals surface area contributed by atoms with Gasteiger partial charge in [-0.25, -0.2) is 14.0 Å². The number of hydrogen-bond acceptors (Lipinski definition) is 4. The van der Waals surface area contributed by atoms with Crippen molar-refractivity contribution in [3.8, 4) is 22.3 Å². The van der Waals surface area contributed by atoms with E-state index in [0.29, 0.717) is 17.5 Å². The molecule has 5 rings (SSSR count). The van der Waals surface area contributed by atoms with Gasteiger partial charge in [-0.05, 0) is 52.9 Å². The second-order valence-corrected chi connectivity index (χ2v) is 10.7. The van der Waals surface area contributed by atoms with Gasteiger partial charge in [-0.2, -0.15) is 0 Å². The number of benzene rings is 4. The number of ether oxygens (including phenoxy) is 1. The largest absolute Gasteiger partial charge is 0.478 e. The van der Waals surface area contributed by atoms with Gasteiger partial charge in [-0.15, -0.1) is 11.8 Å². The average molecular weight is 529 g/mol. The Labute approximate surface area is 226 Å². The van der Waals surface area contributed by atoms with Crippen LogP contribution in [0, 0.1) is 0 Å². The van der Waals surface area contributed by atoms with E-state index in [2.05, 4.69) is 0 Å². The number of aromatic carboxylic acids is 1. The molecule has 4 aromatic rings. The fourth-order valence-electron chi connectivity index (χ4n) is 4.11. The summed E-state index contributed by atoms with van der Waals surface area (Å²) in [5.41, 5.74) is 5.13. The smallest absolute Gasteiger partial charge is 0.338 e. The zero-order chi connectivity index (χ0) is 26.9. The van der Waals surface area contributed by atoms with Gasteiger partial charge in [-0.1, -0.05) is 91.9 Å². The zero-order valence-corrected chi connectivity index (χ0v) is 21.8. The first-order chi connectivity index (χ1) is 18.4. The lowest BCUT2D eigenvalue weighted by Crippen LogP contribution is -2.15. The summed E-state index contributed by atoms with van der Waals surface area (Å²) in [6, 6.07) is 34.1. The van der Waals surface area contributed by atoms with Crippen LogP contribution in [-0.2, 0) is 4.74 Å². The van der Waals surface area contributed by atoms with Crippen molar-refractivity contribution in [2.45, 2.75) is 30.0 Å². The van der Waals surface area contributed by atoms with E-state index in [9.17, 15) is 14.0 Å². The van der Waals surface area contributed by atoms with Crippen molar-refractivity contribution in [2.75, 3.05) is 6.61 Å². The van der Waals surface area contributed by atoms with Gasteiger partial charge in [0.1, 0.15) is 12.8 Å². The molecule has 6 heteroatoms. The van der Waals surface area contributed by atoms with Gasteiger partial charge in [-0.3, -0.25) is 0 Å². The van der Waals surface area contributed by atoms with E-state index in [-0.39, 0.29) is 23.1 Å². The molecule has 0 aliphatic carbocycles. The van der Waals surface area contributed by atoms with Crippen molar-refractivity contribution in [1.82, 2.24) is 0 Å². The number of thioether (sulfide) groups is 1. The van der Waals surface area contributed by atoms with Crippen molar-refractivity contribution < 1.29 is 23.8 Å². The molecule has 194 valence electrons. The van der Waals surface area contributed by atoms with Gasteiger partial charge >= 0.3 is 11.9 Å². The molecule has 0 bridgehead atoms. The van der Waals surface area contributed by atoms with E-state index in [4.69, 9.17) is 9.84 Å². The monoisotopic (exact) mass is 528 g/mol. The molecule has 1 N–H and O–H groups in total. The predicted molar refractivity (Wildman–Crippen MR) is 151 cm³/mol. The van der Waals surface area contributed by atoms with Crippen molar-refractivity contribution in [3.63, 3.8) is 0 Å². The van der Waals surface area contributed by atoms with E-state index in [1.54, 1.807) is 36.0 Å². The molecule has 0 aromatic heterocycles. The third kappa shape index (κ3) is 7.33. The third-order valence-corrected chi connectivity index (χ3v) is 7.71. The number of halogens is 1. The second-order valence-electron chi connectivity index (χ2n) is 9.01. The van der Waals surface area contributed by atoms with Gasteiger partial charge in [0, 0.05) is 10.5 Å². The lowest BCUT2D eigenvalue weighted by atomic mass is 10.0. The van der Waals surface area contributed by atoms with Crippen molar-refractivity contribution in [3.05, 3.63) is 120 Å². The molecule has 0 saturated carbocycles. The Morgan fingerprint density at radius 1 is 0.763 bits per heavy atom. The second kappa shape index (κ2) is 13.1. The maximum atomic E-state index is 13.5. The summed E-state index contributed by atoms with van der Waals surface area (Å²) in [5.74, 6) is -1.24. The molecule has 0 spiro atoms. The highest BCUT2D eigenvalue weighted by Gasteiger charge is 2.32. The highest BCUT2D eigenvalue weighted by atomic mass is 32.2. The maximum Gasteiger partial charge on any atom is 0.338 e. The third-order valence-electron chi connectivity index (χ3n) is 6.27. The van der Waals surface area contributed by atoms with Crippen LogP contribution in [0.4, 0.5) is 4.39 Å². The fraction of sp³-hybridized carbons (Fsp3) is 0.188. The Morgan fingerprint density at radius 3 is 1.63 bits per heavy atom. The Morgan fingerprint density at radius 2 is 1.21 bits per heavy atom. The summed E-state index contributed by atoms with van der Waals surface area (Å²) < 4.78 is 18.8. The SMILES string of the molecule is CC1S[C@@H](COC(=O)c2ccc(-c3ccccc3)cc2)C[C@@H]1F.O=C(O)c1ccc(-c2ccccc2)cc1. The standard InChI is InChI=1S/C19H19FO2S.C13H10O2/c1-13-18(20)11-17(23-13)12-22-19(21)16-9-7-15(8-10-16)14-5-3-2-4-6-14;14-13(15)12-8-6-11(7-9-12)10-4-2-1-3-5-10/h2-10,13,17-18H,11-12H2,1H3;1-9H,(H,14,15)/t13?,17-,18+;/m1./s1. The molecule has 0 radical (unpaired) electrons. The van der Waals surface area contributed by atoms with Gasteiger partial charge in [0.15, 0.2) is 0 Å². The summed E-state index contributed by atoms with van der Waals surface area (Å²) in [6.07, 6.45) is -0.333. The quantitative estimate of drug-likeness (QED) is 0.259. The highest BCUT2D eigenvalue weighted by molar-refractivity contribution is 8.00. The number of carboxylic acids is 1. The normalized spacial score (nSPS) is 18.2. The van der Waals surface area contributed by atoms with E-state index >= 15 is 0 Å². The molecule has 1 heterocycles. The van der Waals surface area contributed by atoms with Crippen LogP contribution in [0.25, 0.3) is 22.3 Å².